The zero-order chi connectivity index (χ0) is 13.6. The normalized spacial score (nSPS) is 20.3. The summed E-state index contributed by atoms with van der Waals surface area (Å²) in [5.41, 5.74) is 2.98. The van der Waals surface area contributed by atoms with Gasteiger partial charge in [0, 0.05) is 12.1 Å². The molecule has 0 saturated heterocycles. The molecular formula is C16H26N2. The van der Waals surface area contributed by atoms with Crippen LogP contribution in [0.15, 0.2) is 24.3 Å². The lowest BCUT2D eigenvalue weighted by Gasteiger charge is -2.52. The van der Waals surface area contributed by atoms with Gasteiger partial charge in [-0.25, -0.2) is 0 Å². The van der Waals surface area contributed by atoms with E-state index in [1.807, 2.05) is 0 Å². The second-order valence-corrected chi connectivity index (χ2v) is 7.32. The van der Waals surface area contributed by atoms with Gasteiger partial charge in [-0.15, -0.1) is 0 Å². The molecule has 0 aliphatic carbocycles. The van der Waals surface area contributed by atoms with Crippen LogP contribution in [0.3, 0.4) is 0 Å². The Morgan fingerprint density at radius 3 is 2.22 bits per heavy atom. The molecular weight excluding hydrogens is 220 g/mol. The van der Waals surface area contributed by atoms with Crippen molar-refractivity contribution < 1.29 is 0 Å². The molecule has 18 heavy (non-hydrogen) atoms. The van der Waals surface area contributed by atoms with Gasteiger partial charge >= 0.3 is 0 Å². The molecule has 2 heteroatoms. The van der Waals surface area contributed by atoms with E-state index in [1.165, 1.54) is 11.4 Å². The molecule has 0 saturated carbocycles. The van der Waals surface area contributed by atoms with E-state index in [1.54, 1.807) is 0 Å². The summed E-state index contributed by atoms with van der Waals surface area (Å²) in [7, 11) is 0. The average Bonchev–Trinajstić information content (AvgIpc) is 2.24. The van der Waals surface area contributed by atoms with Crippen LogP contribution in [0.5, 0.6) is 0 Å². The maximum absolute atomic E-state index is 3.58. The summed E-state index contributed by atoms with van der Waals surface area (Å²) in [4.78, 5) is 2.58. The highest BCUT2D eigenvalue weighted by Crippen LogP contribution is 2.41. The minimum Gasteiger partial charge on any atom is -0.381 e. The van der Waals surface area contributed by atoms with E-state index < -0.39 is 0 Å². The van der Waals surface area contributed by atoms with E-state index >= 15 is 0 Å². The topological polar surface area (TPSA) is 15.3 Å². The molecule has 0 aromatic heterocycles. The quantitative estimate of drug-likeness (QED) is 0.740. The standard InChI is InChI=1S/C16H26N2/c1-15(2,3)14-11-17-12-9-7-8-10-13(12)18(14)16(4,5)6/h7-10,14,17H,11H2,1-6H3. The van der Waals surface area contributed by atoms with E-state index in [0.717, 1.165) is 6.54 Å². The molecule has 0 radical (unpaired) electrons. The third kappa shape index (κ3) is 2.33. The maximum Gasteiger partial charge on any atom is 0.0609 e. The third-order valence-electron chi connectivity index (χ3n) is 3.68. The van der Waals surface area contributed by atoms with Crippen LogP contribution in [-0.2, 0) is 0 Å². The fourth-order valence-corrected chi connectivity index (χ4v) is 2.82. The Hall–Kier alpha value is -1.18. The molecule has 1 atom stereocenters. The first-order valence-electron chi connectivity index (χ1n) is 6.83. The Morgan fingerprint density at radius 1 is 1.06 bits per heavy atom. The molecule has 0 fully saturated rings. The number of rotatable bonds is 0. The molecule has 1 N–H and O–H groups in total. The van der Waals surface area contributed by atoms with E-state index in [0.29, 0.717) is 6.04 Å². The van der Waals surface area contributed by atoms with Gasteiger partial charge in [0.1, 0.15) is 0 Å². The molecule has 1 aromatic rings. The number of para-hydroxylation sites is 2. The first-order chi connectivity index (χ1) is 8.21. The molecule has 1 aliphatic heterocycles. The van der Waals surface area contributed by atoms with Crippen LogP contribution < -0.4 is 10.2 Å². The van der Waals surface area contributed by atoms with Gasteiger partial charge < -0.3 is 10.2 Å². The van der Waals surface area contributed by atoms with E-state index in [2.05, 4.69) is 76.0 Å². The van der Waals surface area contributed by atoms with Gasteiger partial charge in [0.2, 0.25) is 0 Å². The van der Waals surface area contributed by atoms with Crippen molar-refractivity contribution in [2.24, 2.45) is 5.41 Å². The monoisotopic (exact) mass is 246 g/mol. The highest BCUT2D eigenvalue weighted by molar-refractivity contribution is 5.73. The first-order valence-corrected chi connectivity index (χ1v) is 6.83. The lowest BCUT2D eigenvalue weighted by atomic mass is 9.81. The second-order valence-electron chi connectivity index (χ2n) is 7.32. The Labute approximate surface area is 111 Å². The number of hydrogen-bond acceptors (Lipinski definition) is 2. The fourth-order valence-electron chi connectivity index (χ4n) is 2.82. The van der Waals surface area contributed by atoms with Gasteiger partial charge in [-0.3, -0.25) is 0 Å². The van der Waals surface area contributed by atoms with Crippen LogP contribution in [0.25, 0.3) is 0 Å². The summed E-state index contributed by atoms with van der Waals surface area (Å²) >= 11 is 0. The van der Waals surface area contributed by atoms with E-state index in [9.17, 15) is 0 Å². The van der Waals surface area contributed by atoms with E-state index in [4.69, 9.17) is 0 Å². The highest BCUT2D eigenvalue weighted by Gasteiger charge is 2.39. The van der Waals surface area contributed by atoms with Crippen LogP contribution in [-0.4, -0.2) is 18.1 Å². The van der Waals surface area contributed by atoms with Crippen molar-refractivity contribution in [1.82, 2.24) is 0 Å². The molecule has 0 bridgehead atoms. The lowest BCUT2D eigenvalue weighted by molar-refractivity contribution is 0.271. The van der Waals surface area contributed by atoms with Gasteiger partial charge in [0.05, 0.1) is 17.4 Å². The number of nitrogens with zero attached hydrogens (tertiary/aromatic N) is 1. The maximum atomic E-state index is 3.58. The number of anilines is 2. The van der Waals surface area contributed by atoms with Crippen molar-refractivity contribution in [3.05, 3.63) is 24.3 Å². The summed E-state index contributed by atoms with van der Waals surface area (Å²) in [5.74, 6) is 0. The van der Waals surface area contributed by atoms with Gasteiger partial charge in [0.25, 0.3) is 0 Å². The van der Waals surface area contributed by atoms with Crippen molar-refractivity contribution in [2.45, 2.75) is 53.1 Å². The van der Waals surface area contributed by atoms with Gasteiger partial charge in [0.15, 0.2) is 0 Å². The summed E-state index contributed by atoms with van der Waals surface area (Å²) in [5, 5.41) is 3.58. The Balaban J connectivity index is 2.50. The van der Waals surface area contributed by atoms with Crippen LogP contribution in [0.2, 0.25) is 0 Å². The molecule has 0 spiro atoms. The Morgan fingerprint density at radius 2 is 1.67 bits per heavy atom. The number of hydrogen-bond donors (Lipinski definition) is 1. The van der Waals surface area contributed by atoms with Crippen molar-refractivity contribution in [1.29, 1.82) is 0 Å². The van der Waals surface area contributed by atoms with Gasteiger partial charge in [-0.1, -0.05) is 32.9 Å². The molecule has 1 unspecified atom stereocenters. The van der Waals surface area contributed by atoms with Crippen LogP contribution in [0.4, 0.5) is 11.4 Å². The van der Waals surface area contributed by atoms with Crippen molar-refractivity contribution in [2.75, 3.05) is 16.8 Å². The lowest BCUT2D eigenvalue weighted by Crippen LogP contribution is -2.58. The largest absolute Gasteiger partial charge is 0.381 e. The van der Waals surface area contributed by atoms with Crippen molar-refractivity contribution >= 4 is 11.4 Å². The number of nitrogens with one attached hydrogen (secondary N) is 1. The zero-order valence-corrected chi connectivity index (χ0v) is 12.5. The minimum atomic E-state index is 0.135. The third-order valence-corrected chi connectivity index (χ3v) is 3.68. The van der Waals surface area contributed by atoms with E-state index in [-0.39, 0.29) is 11.0 Å². The Kier molecular flexibility index (Phi) is 3.08. The van der Waals surface area contributed by atoms with Crippen LogP contribution in [0.1, 0.15) is 41.5 Å². The van der Waals surface area contributed by atoms with Crippen LogP contribution in [0, 0.1) is 5.41 Å². The smallest absolute Gasteiger partial charge is 0.0609 e. The zero-order valence-electron chi connectivity index (χ0n) is 12.5. The molecule has 1 aliphatic rings. The molecule has 0 amide bonds. The average molecular weight is 246 g/mol. The predicted octanol–water partition coefficient (Wildman–Crippen LogP) is 4.13. The summed E-state index contributed by atoms with van der Waals surface area (Å²) in [6.07, 6.45) is 0. The Bertz CT molecular complexity index is 423. The summed E-state index contributed by atoms with van der Waals surface area (Å²) in [6.45, 7) is 14.9. The van der Waals surface area contributed by atoms with Crippen molar-refractivity contribution in [3.8, 4) is 0 Å². The fraction of sp³-hybridized carbons (Fsp3) is 0.625. The molecule has 1 heterocycles. The van der Waals surface area contributed by atoms with Crippen molar-refractivity contribution in [3.63, 3.8) is 0 Å². The molecule has 2 nitrogen and oxygen atoms in total. The SMILES string of the molecule is CC(C)(C)C1CNc2ccccc2N1C(C)(C)C. The predicted molar refractivity (Wildman–Crippen MR) is 80.4 cm³/mol. The number of fused-ring (bicyclic) bond motifs is 1. The van der Waals surface area contributed by atoms with Gasteiger partial charge in [-0.05, 0) is 38.3 Å². The van der Waals surface area contributed by atoms with Crippen LogP contribution >= 0.6 is 0 Å². The number of benzene rings is 1. The van der Waals surface area contributed by atoms with Gasteiger partial charge in [-0.2, -0.15) is 0 Å². The molecule has 2 rings (SSSR count). The minimum absolute atomic E-state index is 0.135. The first kappa shape index (κ1) is 13.3. The molecule has 100 valence electrons. The highest BCUT2D eigenvalue weighted by atomic mass is 15.3. The molecule has 1 aromatic carbocycles. The summed E-state index contributed by atoms with van der Waals surface area (Å²) < 4.78 is 0. The second kappa shape index (κ2) is 4.18. The summed E-state index contributed by atoms with van der Waals surface area (Å²) in [6, 6.07) is 9.14.